The van der Waals surface area contributed by atoms with E-state index in [4.69, 9.17) is 39.5 Å². The van der Waals surface area contributed by atoms with E-state index in [2.05, 4.69) is 4.90 Å². The molecular formula is C14H18Cl3NO. The zero-order valence-corrected chi connectivity index (χ0v) is 13.0. The van der Waals surface area contributed by atoms with Crippen molar-refractivity contribution in [3.05, 3.63) is 33.8 Å². The predicted molar refractivity (Wildman–Crippen MR) is 81.4 cm³/mol. The molecule has 0 radical (unpaired) electrons. The Labute approximate surface area is 129 Å². The molecule has 0 atom stereocenters. The second-order valence-corrected chi connectivity index (χ2v) is 5.99. The zero-order chi connectivity index (χ0) is 13.7. The summed E-state index contributed by atoms with van der Waals surface area (Å²) in [4.78, 5) is 2.40. The van der Waals surface area contributed by atoms with Crippen LogP contribution in [-0.4, -0.2) is 36.6 Å². The van der Waals surface area contributed by atoms with Crippen LogP contribution in [0.2, 0.25) is 10.0 Å². The molecule has 1 fully saturated rings. The molecule has 5 heteroatoms. The Morgan fingerprint density at radius 3 is 2.58 bits per heavy atom. The molecule has 106 valence electrons. The first-order valence-corrected chi connectivity index (χ1v) is 7.82. The van der Waals surface area contributed by atoms with Crippen LogP contribution in [0.5, 0.6) is 0 Å². The van der Waals surface area contributed by atoms with E-state index < -0.39 is 0 Å². The molecule has 0 N–H and O–H groups in total. The molecule has 0 spiro atoms. The summed E-state index contributed by atoms with van der Waals surface area (Å²) in [6.07, 6.45) is 2.47. The molecule has 0 unspecified atom stereocenters. The van der Waals surface area contributed by atoms with Gasteiger partial charge in [-0.05, 0) is 30.5 Å². The largest absolute Gasteiger partial charge is 0.377 e. The third-order valence-corrected chi connectivity index (χ3v) is 4.12. The number of hydrogen-bond acceptors (Lipinski definition) is 2. The average Bonchev–Trinajstić information content (AvgIpc) is 2.41. The number of piperidine rings is 1. The number of rotatable bonds is 5. The van der Waals surface area contributed by atoms with E-state index in [9.17, 15) is 0 Å². The molecule has 1 aliphatic heterocycles. The van der Waals surface area contributed by atoms with Gasteiger partial charge in [-0.2, -0.15) is 0 Å². The van der Waals surface area contributed by atoms with Gasteiger partial charge in [0.05, 0.1) is 12.7 Å². The molecule has 0 aromatic heterocycles. The fraction of sp³-hybridized carbons (Fsp3) is 0.571. The summed E-state index contributed by atoms with van der Waals surface area (Å²) in [6, 6.07) is 5.69. The maximum absolute atomic E-state index is 6.20. The average molecular weight is 323 g/mol. The third-order valence-electron chi connectivity index (χ3n) is 3.37. The normalized spacial score (nSPS) is 17.8. The summed E-state index contributed by atoms with van der Waals surface area (Å²) in [6.45, 7) is 3.59. The van der Waals surface area contributed by atoms with Gasteiger partial charge in [-0.15, -0.1) is 11.6 Å². The van der Waals surface area contributed by atoms with Crippen molar-refractivity contribution >= 4 is 34.8 Å². The molecule has 2 nitrogen and oxygen atoms in total. The van der Waals surface area contributed by atoms with Gasteiger partial charge in [0.2, 0.25) is 0 Å². The van der Waals surface area contributed by atoms with E-state index in [1.807, 2.05) is 12.1 Å². The molecule has 1 heterocycles. The summed E-state index contributed by atoms with van der Waals surface area (Å²) >= 11 is 17.7. The Hall–Kier alpha value is 0.01000. The lowest BCUT2D eigenvalue weighted by Gasteiger charge is -2.32. The zero-order valence-electron chi connectivity index (χ0n) is 10.7. The Morgan fingerprint density at radius 2 is 1.95 bits per heavy atom. The number of benzene rings is 1. The quantitative estimate of drug-likeness (QED) is 0.753. The molecule has 1 aromatic rings. The molecule has 0 aliphatic carbocycles. The number of hydrogen-bond donors (Lipinski definition) is 0. The lowest BCUT2D eigenvalue weighted by molar-refractivity contribution is 0.0135. The van der Waals surface area contributed by atoms with Crippen molar-refractivity contribution in [1.82, 2.24) is 4.90 Å². The summed E-state index contributed by atoms with van der Waals surface area (Å²) in [5.41, 5.74) is 1.13. The van der Waals surface area contributed by atoms with E-state index in [1.54, 1.807) is 6.07 Å². The Bertz CT molecular complexity index is 406. The first-order valence-electron chi connectivity index (χ1n) is 6.53. The minimum atomic E-state index is 0.357. The van der Waals surface area contributed by atoms with E-state index >= 15 is 0 Å². The second kappa shape index (κ2) is 7.70. The highest BCUT2D eigenvalue weighted by Crippen LogP contribution is 2.24. The Balaban J connectivity index is 1.82. The summed E-state index contributed by atoms with van der Waals surface area (Å²) in [5.74, 6) is 0.570. The standard InChI is InChI=1S/C14H18Cl3NO/c15-5-8-19-13-3-6-18(7-4-13)10-11-1-2-12(16)9-14(11)17/h1-2,9,13H,3-8,10H2. The summed E-state index contributed by atoms with van der Waals surface area (Å²) in [7, 11) is 0. The van der Waals surface area contributed by atoms with Crippen LogP contribution in [0.25, 0.3) is 0 Å². The van der Waals surface area contributed by atoms with Crippen molar-refractivity contribution in [2.24, 2.45) is 0 Å². The van der Waals surface area contributed by atoms with Gasteiger partial charge in [-0.25, -0.2) is 0 Å². The van der Waals surface area contributed by atoms with E-state index in [1.165, 1.54) is 0 Å². The minimum absolute atomic E-state index is 0.357. The molecule has 1 aliphatic rings. The van der Waals surface area contributed by atoms with Crippen LogP contribution in [-0.2, 0) is 11.3 Å². The van der Waals surface area contributed by atoms with Crippen LogP contribution in [0.1, 0.15) is 18.4 Å². The van der Waals surface area contributed by atoms with Crippen LogP contribution < -0.4 is 0 Å². The fourth-order valence-corrected chi connectivity index (χ4v) is 2.89. The SMILES string of the molecule is ClCCOC1CCN(Cc2ccc(Cl)cc2Cl)CC1. The van der Waals surface area contributed by atoms with Crippen molar-refractivity contribution in [2.75, 3.05) is 25.6 Å². The van der Waals surface area contributed by atoms with E-state index in [-0.39, 0.29) is 0 Å². The predicted octanol–water partition coefficient (Wildman–Crippen LogP) is 4.21. The monoisotopic (exact) mass is 321 g/mol. The first-order chi connectivity index (χ1) is 9.19. The van der Waals surface area contributed by atoms with Gasteiger partial charge >= 0.3 is 0 Å². The minimum Gasteiger partial charge on any atom is -0.377 e. The van der Waals surface area contributed by atoms with Crippen LogP contribution in [0.4, 0.5) is 0 Å². The summed E-state index contributed by atoms with van der Waals surface area (Å²) < 4.78 is 5.67. The maximum Gasteiger partial charge on any atom is 0.0605 e. The highest BCUT2D eigenvalue weighted by molar-refractivity contribution is 6.35. The van der Waals surface area contributed by atoms with Crippen molar-refractivity contribution in [1.29, 1.82) is 0 Å². The first kappa shape index (κ1) is 15.4. The van der Waals surface area contributed by atoms with Gasteiger partial charge < -0.3 is 4.74 Å². The lowest BCUT2D eigenvalue weighted by Crippen LogP contribution is -2.36. The fourth-order valence-electron chi connectivity index (χ4n) is 2.34. The van der Waals surface area contributed by atoms with Gasteiger partial charge in [0.1, 0.15) is 0 Å². The molecular weight excluding hydrogens is 305 g/mol. The van der Waals surface area contributed by atoms with Crippen molar-refractivity contribution in [2.45, 2.75) is 25.5 Å². The number of halogens is 3. The van der Waals surface area contributed by atoms with E-state index in [0.29, 0.717) is 23.6 Å². The smallest absolute Gasteiger partial charge is 0.0605 e. The maximum atomic E-state index is 6.20. The van der Waals surface area contributed by atoms with Crippen LogP contribution in [0.15, 0.2) is 18.2 Å². The molecule has 19 heavy (non-hydrogen) atoms. The number of likely N-dealkylation sites (tertiary alicyclic amines) is 1. The number of ether oxygens (including phenoxy) is 1. The van der Waals surface area contributed by atoms with Crippen LogP contribution >= 0.6 is 34.8 Å². The Kier molecular flexibility index (Phi) is 6.24. The van der Waals surface area contributed by atoms with Crippen molar-refractivity contribution < 1.29 is 4.74 Å². The van der Waals surface area contributed by atoms with Crippen LogP contribution in [0.3, 0.4) is 0 Å². The molecule has 0 saturated carbocycles. The number of alkyl halides is 1. The van der Waals surface area contributed by atoms with Gasteiger partial charge in [0.25, 0.3) is 0 Å². The van der Waals surface area contributed by atoms with Crippen molar-refractivity contribution in [3.63, 3.8) is 0 Å². The Morgan fingerprint density at radius 1 is 1.21 bits per heavy atom. The van der Waals surface area contributed by atoms with Gasteiger partial charge in [0, 0.05) is 35.6 Å². The number of nitrogens with zero attached hydrogens (tertiary/aromatic N) is 1. The highest BCUT2D eigenvalue weighted by atomic mass is 35.5. The van der Waals surface area contributed by atoms with Gasteiger partial charge in [-0.1, -0.05) is 29.3 Å². The van der Waals surface area contributed by atoms with Gasteiger partial charge in [-0.3, -0.25) is 4.90 Å². The van der Waals surface area contributed by atoms with Gasteiger partial charge in [0.15, 0.2) is 0 Å². The van der Waals surface area contributed by atoms with E-state index in [0.717, 1.165) is 43.1 Å². The third kappa shape index (κ3) is 4.80. The topological polar surface area (TPSA) is 12.5 Å². The molecule has 1 aromatic carbocycles. The van der Waals surface area contributed by atoms with Crippen molar-refractivity contribution in [3.8, 4) is 0 Å². The summed E-state index contributed by atoms with van der Waals surface area (Å²) in [5, 5.41) is 1.43. The molecule has 2 rings (SSSR count). The van der Waals surface area contributed by atoms with Crippen LogP contribution in [0, 0.1) is 0 Å². The lowest BCUT2D eigenvalue weighted by atomic mass is 10.1. The second-order valence-electron chi connectivity index (χ2n) is 4.77. The molecule has 1 saturated heterocycles. The highest BCUT2D eigenvalue weighted by Gasteiger charge is 2.20. The molecule has 0 bridgehead atoms. The molecule has 0 amide bonds.